The number of aliphatic carboxylic acids is 1. The highest BCUT2D eigenvalue weighted by Gasteiger charge is 2.37. The molecule has 1 saturated heterocycles. The number of para-hydroxylation sites is 1. The van der Waals surface area contributed by atoms with E-state index in [0.29, 0.717) is 24.0 Å². The summed E-state index contributed by atoms with van der Waals surface area (Å²) in [5.74, 6) is -8.29. The average Bonchev–Trinajstić information content (AvgIpc) is 3.79. The summed E-state index contributed by atoms with van der Waals surface area (Å²) >= 11 is 0. The van der Waals surface area contributed by atoms with E-state index in [0.717, 1.165) is 45.0 Å². The molecule has 1 aliphatic rings. The van der Waals surface area contributed by atoms with Crippen LogP contribution in [0.1, 0.15) is 63.6 Å². The van der Waals surface area contributed by atoms with Crippen molar-refractivity contribution in [3.05, 3.63) is 102 Å². The number of amides is 7. The van der Waals surface area contributed by atoms with Crippen molar-refractivity contribution in [2.75, 3.05) is 18.1 Å². The first-order chi connectivity index (χ1) is 36.2. The van der Waals surface area contributed by atoms with Crippen LogP contribution in [-0.4, -0.2) is 157 Å². The number of aliphatic hydroxyl groups excluding tert-OH is 2. The number of carbonyl (C=O) groups is 8. The summed E-state index contributed by atoms with van der Waals surface area (Å²) in [5, 5.41) is 63.4. The van der Waals surface area contributed by atoms with Crippen molar-refractivity contribution >= 4 is 79.8 Å². The largest absolute Gasteiger partial charge is 0.508 e. The Morgan fingerprint density at radius 3 is 1.97 bits per heavy atom. The zero-order valence-electron chi connectivity index (χ0n) is 42.7. The van der Waals surface area contributed by atoms with Crippen molar-refractivity contribution in [1.29, 1.82) is 0 Å². The van der Waals surface area contributed by atoms with E-state index in [9.17, 15) is 58.8 Å². The highest BCUT2D eigenvalue weighted by atomic mass is 33.1. The van der Waals surface area contributed by atoms with Crippen molar-refractivity contribution in [3.63, 3.8) is 0 Å². The van der Waals surface area contributed by atoms with E-state index in [2.05, 4.69) is 47.5 Å². The number of rotatable bonds is 19. The van der Waals surface area contributed by atoms with Crippen molar-refractivity contribution in [1.82, 2.24) is 47.5 Å². The summed E-state index contributed by atoms with van der Waals surface area (Å²) in [6.07, 6.45) is -0.853. The molecule has 4 aromatic rings. The molecule has 5 rings (SSSR count). The number of nitrogens with two attached hydrogens (primary N) is 1. The van der Waals surface area contributed by atoms with Gasteiger partial charge in [0.15, 0.2) is 6.04 Å². The number of benzene rings is 3. The first kappa shape index (κ1) is 60.2. The molecule has 15 N–H and O–H groups in total. The molecule has 0 aliphatic carbocycles. The van der Waals surface area contributed by atoms with Crippen LogP contribution in [0, 0.1) is 0 Å². The topological polar surface area (TPSA) is 356 Å². The van der Waals surface area contributed by atoms with Gasteiger partial charge in [-0.2, -0.15) is 0 Å². The Bertz CT molecular complexity index is 2600. The van der Waals surface area contributed by atoms with E-state index < -0.39 is 108 Å². The Morgan fingerprint density at radius 2 is 1.33 bits per heavy atom. The van der Waals surface area contributed by atoms with E-state index in [1.165, 1.54) is 19.1 Å². The minimum absolute atomic E-state index is 0.0168. The Kier molecular flexibility index (Phi) is 23.4. The molecule has 24 heteroatoms. The molecule has 10 atom stereocenters. The van der Waals surface area contributed by atoms with E-state index in [1.807, 2.05) is 62.4 Å². The summed E-state index contributed by atoms with van der Waals surface area (Å²) in [4.78, 5) is 116. The standard InChI is InChI=1S/C52H70N10O12S2/c1-28(2)55-38(22-31-12-6-5-7-13-31)46(67)59-41-26-75-76-27-42(50(71)62-44(30(4)64)52(73)74)60-51(72)43(29(3)63)61-45(66)37(16-10-11-21-53)56-48(69)40(24-33-25-54-36-15-9-8-14-35(33)36)58-47(68)39(57-49(41)70)23-32-17-19-34(65)20-18-32/h5-9,12-15,17-20,25,28-30,37-44,54-55,63-65H,10-11,16,21-24,26-27,53H2,1-4H3,(H,56,69)(H,57,70)(H,58,68)(H,59,67)(H,60,72)(H,61,66)(H,62,71)(H,73,74). The van der Waals surface area contributed by atoms with Gasteiger partial charge in [0.2, 0.25) is 41.4 Å². The molecular formula is C52H70N10O12S2. The van der Waals surface area contributed by atoms with E-state index in [4.69, 9.17) is 5.73 Å². The second-order valence-corrected chi connectivity index (χ2v) is 21.5. The molecule has 0 saturated carbocycles. The number of fused-ring (bicyclic) bond motifs is 1. The van der Waals surface area contributed by atoms with E-state index in [-0.39, 0.29) is 55.5 Å². The first-order valence-corrected chi connectivity index (χ1v) is 27.5. The van der Waals surface area contributed by atoms with Crippen molar-refractivity contribution in [3.8, 4) is 5.75 Å². The van der Waals surface area contributed by atoms with Gasteiger partial charge in [-0.25, -0.2) is 4.79 Å². The number of unbranched alkanes of at least 4 members (excludes halogenated alkanes) is 1. The van der Waals surface area contributed by atoms with E-state index in [1.54, 1.807) is 24.4 Å². The third kappa shape index (κ3) is 18.3. The predicted octanol–water partition coefficient (Wildman–Crippen LogP) is 0.0318. The van der Waals surface area contributed by atoms with Gasteiger partial charge < -0.3 is 73.7 Å². The van der Waals surface area contributed by atoms with Gasteiger partial charge in [-0.15, -0.1) is 0 Å². The molecular weight excluding hydrogens is 1020 g/mol. The molecule has 1 aromatic heterocycles. The maximum Gasteiger partial charge on any atom is 0.328 e. The van der Waals surface area contributed by atoms with Gasteiger partial charge >= 0.3 is 5.97 Å². The second kappa shape index (κ2) is 29.6. The van der Waals surface area contributed by atoms with Gasteiger partial charge in [-0.1, -0.05) is 96.1 Å². The third-order valence-corrected chi connectivity index (χ3v) is 14.8. The highest BCUT2D eigenvalue weighted by molar-refractivity contribution is 8.76. The molecule has 2 heterocycles. The Balaban J connectivity index is 1.61. The number of aromatic amines is 1. The normalized spacial score (nSPS) is 22.1. The molecule has 0 spiro atoms. The summed E-state index contributed by atoms with van der Waals surface area (Å²) in [6, 6.07) is 10.6. The van der Waals surface area contributed by atoms with Crippen LogP contribution in [0.25, 0.3) is 10.9 Å². The van der Waals surface area contributed by atoms with Crippen molar-refractivity contribution in [2.24, 2.45) is 5.73 Å². The van der Waals surface area contributed by atoms with Crippen molar-refractivity contribution in [2.45, 2.75) is 133 Å². The molecule has 1 fully saturated rings. The monoisotopic (exact) mass is 1090 g/mol. The fourth-order valence-corrected chi connectivity index (χ4v) is 10.6. The number of carboxylic acid groups (broad SMARTS) is 1. The molecule has 76 heavy (non-hydrogen) atoms. The Labute approximate surface area is 448 Å². The molecule has 412 valence electrons. The fourth-order valence-electron chi connectivity index (χ4n) is 8.30. The fraction of sp³-hybridized carbons (Fsp3) is 0.462. The highest BCUT2D eigenvalue weighted by Crippen LogP contribution is 2.25. The zero-order chi connectivity index (χ0) is 55.5. The van der Waals surface area contributed by atoms with Crippen LogP contribution in [0.2, 0.25) is 0 Å². The van der Waals surface area contributed by atoms with Gasteiger partial charge in [0.1, 0.15) is 42.0 Å². The van der Waals surface area contributed by atoms with Crippen LogP contribution >= 0.6 is 21.6 Å². The number of phenolic OH excluding ortho intramolecular Hbond substituents is 1. The van der Waals surface area contributed by atoms with Gasteiger partial charge in [-0.3, -0.25) is 33.6 Å². The number of hydrogen-bond acceptors (Lipinski definition) is 15. The van der Waals surface area contributed by atoms with Crippen molar-refractivity contribution < 1.29 is 58.8 Å². The van der Waals surface area contributed by atoms with Crippen LogP contribution < -0.4 is 48.3 Å². The van der Waals surface area contributed by atoms with Crippen LogP contribution in [-0.2, 0) is 57.6 Å². The molecule has 3 aromatic carbocycles. The summed E-state index contributed by atoms with van der Waals surface area (Å²) < 4.78 is 0. The number of carboxylic acids is 1. The number of H-pyrrole nitrogens is 1. The smallest absolute Gasteiger partial charge is 0.328 e. The minimum Gasteiger partial charge on any atom is -0.508 e. The first-order valence-electron chi connectivity index (χ1n) is 25.0. The van der Waals surface area contributed by atoms with Crippen LogP contribution in [0.5, 0.6) is 5.75 Å². The lowest BCUT2D eigenvalue weighted by molar-refractivity contribution is -0.145. The van der Waals surface area contributed by atoms with E-state index >= 15 is 0 Å². The quantitative estimate of drug-likeness (QED) is 0.0435. The SMILES string of the molecule is CC(C)NC(Cc1ccccc1)C(=O)NC1CSSCC(C(=O)NC(C(=O)O)C(C)O)NC(=O)C(C(C)O)NC(=O)C(CCCCN)NC(=O)C(Cc2c[nH]c3ccccc23)NC(=O)C(Cc2ccc(O)cc2)NC1=O. The number of phenols is 1. The van der Waals surface area contributed by atoms with Crippen LogP contribution in [0.3, 0.4) is 0 Å². The molecule has 1 aliphatic heterocycles. The number of carbonyl (C=O) groups excluding carboxylic acids is 7. The van der Waals surface area contributed by atoms with Gasteiger partial charge in [0.25, 0.3) is 0 Å². The maximum absolute atomic E-state index is 14.9. The summed E-state index contributed by atoms with van der Waals surface area (Å²) in [7, 11) is 1.92. The predicted molar refractivity (Wildman–Crippen MR) is 288 cm³/mol. The number of hydrogen-bond donors (Lipinski definition) is 14. The minimum atomic E-state index is -1.81. The third-order valence-electron chi connectivity index (χ3n) is 12.4. The maximum atomic E-state index is 14.9. The molecule has 10 unspecified atom stereocenters. The number of aromatic nitrogens is 1. The Hall–Kier alpha value is -6.70. The number of aromatic hydroxyl groups is 1. The van der Waals surface area contributed by atoms with Gasteiger partial charge in [0.05, 0.1) is 18.2 Å². The van der Waals surface area contributed by atoms with Crippen LogP contribution in [0.4, 0.5) is 0 Å². The molecule has 22 nitrogen and oxygen atoms in total. The lowest BCUT2D eigenvalue weighted by Crippen LogP contribution is -2.62. The average molecular weight is 1090 g/mol. The lowest BCUT2D eigenvalue weighted by Gasteiger charge is -2.29. The zero-order valence-corrected chi connectivity index (χ0v) is 44.4. The Morgan fingerprint density at radius 1 is 0.711 bits per heavy atom. The molecule has 7 amide bonds. The molecule has 0 radical (unpaired) electrons. The van der Waals surface area contributed by atoms with Gasteiger partial charge in [-0.05, 0) is 81.0 Å². The second-order valence-electron chi connectivity index (χ2n) is 18.9. The number of nitrogens with one attached hydrogen (secondary N) is 9. The van der Waals surface area contributed by atoms with Crippen LogP contribution in [0.15, 0.2) is 85.1 Å². The lowest BCUT2D eigenvalue weighted by atomic mass is 10.0. The molecule has 0 bridgehead atoms. The number of aliphatic hydroxyl groups is 2. The van der Waals surface area contributed by atoms with Gasteiger partial charge in [0, 0.05) is 47.5 Å². The summed E-state index contributed by atoms with van der Waals surface area (Å²) in [5.41, 5.74) is 8.46. The summed E-state index contributed by atoms with van der Waals surface area (Å²) in [6.45, 7) is 6.30.